The standard InChI is InChI=1S/C23H29N5O3S/c24-21(30)20-16-5-1-2-6-17(16)32-23(20)27-19(29)10-14-28-12-8-15(9-13-28)22(31)26-18-7-3-4-11-25-18/h3-4,7,11,15H,1-2,5-6,8-10,12-14H2,(H2,24,30)(H,27,29)(H,25,26,31). The van der Waals surface area contributed by atoms with Crippen molar-refractivity contribution in [3.63, 3.8) is 0 Å². The number of hydrogen-bond acceptors (Lipinski definition) is 6. The van der Waals surface area contributed by atoms with Crippen molar-refractivity contribution in [3.05, 3.63) is 40.4 Å². The van der Waals surface area contributed by atoms with Crippen LogP contribution in [0.4, 0.5) is 10.8 Å². The van der Waals surface area contributed by atoms with Crippen molar-refractivity contribution < 1.29 is 14.4 Å². The first-order valence-electron chi connectivity index (χ1n) is 11.2. The lowest BCUT2D eigenvalue weighted by atomic mass is 9.95. The van der Waals surface area contributed by atoms with Gasteiger partial charge in [0, 0.05) is 30.0 Å². The van der Waals surface area contributed by atoms with Crippen LogP contribution in [0.3, 0.4) is 0 Å². The lowest BCUT2D eigenvalue weighted by Gasteiger charge is -2.31. The summed E-state index contributed by atoms with van der Waals surface area (Å²) in [6.07, 6.45) is 7.45. The van der Waals surface area contributed by atoms with Crippen LogP contribution < -0.4 is 16.4 Å². The molecule has 4 rings (SSSR count). The Morgan fingerprint density at radius 2 is 1.91 bits per heavy atom. The molecule has 0 unspecified atom stereocenters. The fourth-order valence-electron chi connectivity index (χ4n) is 4.45. The molecule has 3 amide bonds. The van der Waals surface area contributed by atoms with Crippen LogP contribution in [-0.4, -0.2) is 47.2 Å². The van der Waals surface area contributed by atoms with Gasteiger partial charge in [-0.25, -0.2) is 4.98 Å². The molecule has 4 N–H and O–H groups in total. The summed E-state index contributed by atoms with van der Waals surface area (Å²) in [5.41, 5.74) is 7.13. The monoisotopic (exact) mass is 455 g/mol. The number of aromatic nitrogens is 1. The van der Waals surface area contributed by atoms with Gasteiger partial charge in [0.2, 0.25) is 11.8 Å². The number of thiophene rings is 1. The third-order valence-corrected chi connectivity index (χ3v) is 7.41. The summed E-state index contributed by atoms with van der Waals surface area (Å²) in [6.45, 7) is 2.16. The van der Waals surface area contributed by atoms with Crippen molar-refractivity contribution >= 4 is 39.9 Å². The summed E-state index contributed by atoms with van der Waals surface area (Å²) in [7, 11) is 0. The van der Waals surface area contributed by atoms with E-state index in [2.05, 4.69) is 20.5 Å². The molecule has 0 saturated carbocycles. The Balaban J connectivity index is 1.24. The molecule has 1 aliphatic heterocycles. The summed E-state index contributed by atoms with van der Waals surface area (Å²) in [5.74, 6) is -0.0477. The molecule has 0 aromatic carbocycles. The molecule has 0 atom stereocenters. The van der Waals surface area contributed by atoms with Crippen molar-refractivity contribution in [1.29, 1.82) is 0 Å². The molecule has 8 nitrogen and oxygen atoms in total. The number of pyridine rings is 1. The van der Waals surface area contributed by atoms with Gasteiger partial charge < -0.3 is 21.3 Å². The minimum atomic E-state index is -0.467. The van der Waals surface area contributed by atoms with E-state index in [1.165, 1.54) is 16.2 Å². The Bertz CT molecular complexity index is 983. The molecule has 2 aromatic rings. The molecule has 2 aliphatic rings. The second-order valence-corrected chi connectivity index (χ2v) is 9.50. The number of nitrogens with zero attached hydrogens (tertiary/aromatic N) is 2. The third kappa shape index (κ3) is 5.34. The highest BCUT2D eigenvalue weighted by atomic mass is 32.1. The van der Waals surface area contributed by atoms with Gasteiger partial charge in [-0.1, -0.05) is 6.07 Å². The molecule has 1 aliphatic carbocycles. The van der Waals surface area contributed by atoms with E-state index in [-0.39, 0.29) is 17.7 Å². The van der Waals surface area contributed by atoms with Crippen molar-refractivity contribution in [2.75, 3.05) is 30.3 Å². The van der Waals surface area contributed by atoms with E-state index in [0.717, 1.165) is 57.2 Å². The first-order valence-corrected chi connectivity index (χ1v) is 12.0. The van der Waals surface area contributed by atoms with E-state index in [0.29, 0.717) is 29.3 Å². The summed E-state index contributed by atoms with van der Waals surface area (Å²) in [5, 5.41) is 6.39. The molecule has 3 heterocycles. The number of nitrogens with two attached hydrogens (primary N) is 1. The average molecular weight is 456 g/mol. The van der Waals surface area contributed by atoms with Gasteiger partial charge in [0.1, 0.15) is 10.8 Å². The number of piperidine rings is 1. The average Bonchev–Trinajstić information content (AvgIpc) is 3.16. The zero-order valence-electron chi connectivity index (χ0n) is 18.1. The maximum absolute atomic E-state index is 12.6. The number of nitrogens with one attached hydrogen (secondary N) is 2. The van der Waals surface area contributed by atoms with Gasteiger partial charge in [-0.2, -0.15) is 0 Å². The van der Waals surface area contributed by atoms with E-state index in [4.69, 9.17) is 5.73 Å². The van der Waals surface area contributed by atoms with Crippen LogP contribution in [0, 0.1) is 5.92 Å². The van der Waals surface area contributed by atoms with Crippen LogP contribution >= 0.6 is 11.3 Å². The predicted molar refractivity (Wildman–Crippen MR) is 125 cm³/mol. The lowest BCUT2D eigenvalue weighted by Crippen LogP contribution is -2.39. The van der Waals surface area contributed by atoms with Gasteiger partial charge in [-0.05, 0) is 69.3 Å². The lowest BCUT2D eigenvalue weighted by molar-refractivity contribution is -0.121. The number of hydrogen-bond donors (Lipinski definition) is 3. The SMILES string of the molecule is NC(=O)c1c(NC(=O)CCN2CCC(C(=O)Nc3ccccn3)CC2)sc2c1CCCC2. The van der Waals surface area contributed by atoms with Crippen molar-refractivity contribution in [2.45, 2.75) is 44.9 Å². The summed E-state index contributed by atoms with van der Waals surface area (Å²) < 4.78 is 0. The number of carbonyl (C=O) groups excluding carboxylic acids is 3. The van der Waals surface area contributed by atoms with E-state index >= 15 is 0 Å². The highest BCUT2D eigenvalue weighted by Gasteiger charge is 2.27. The molecule has 0 radical (unpaired) electrons. The molecular formula is C23H29N5O3S. The van der Waals surface area contributed by atoms with Crippen molar-refractivity contribution in [3.8, 4) is 0 Å². The molecule has 1 saturated heterocycles. The van der Waals surface area contributed by atoms with E-state index < -0.39 is 5.91 Å². The zero-order valence-corrected chi connectivity index (χ0v) is 18.9. The number of primary amides is 1. The third-order valence-electron chi connectivity index (χ3n) is 6.20. The van der Waals surface area contributed by atoms with E-state index in [9.17, 15) is 14.4 Å². The highest BCUT2D eigenvalue weighted by molar-refractivity contribution is 7.17. The van der Waals surface area contributed by atoms with Crippen LogP contribution in [0.2, 0.25) is 0 Å². The molecule has 0 bridgehead atoms. The Kier molecular flexibility index (Phi) is 7.16. The fraction of sp³-hybridized carbons (Fsp3) is 0.478. The number of aryl methyl sites for hydroxylation is 1. The normalized spacial score (nSPS) is 16.9. The number of fused-ring (bicyclic) bond motifs is 1. The van der Waals surface area contributed by atoms with Crippen LogP contribution in [-0.2, 0) is 22.4 Å². The number of anilines is 2. The van der Waals surface area contributed by atoms with Gasteiger partial charge in [-0.3, -0.25) is 14.4 Å². The Morgan fingerprint density at radius 3 is 2.62 bits per heavy atom. The number of rotatable bonds is 7. The first-order chi connectivity index (χ1) is 15.5. The molecule has 9 heteroatoms. The van der Waals surface area contributed by atoms with Crippen LogP contribution in [0.1, 0.15) is 52.9 Å². The van der Waals surface area contributed by atoms with Gasteiger partial charge in [0.15, 0.2) is 0 Å². The van der Waals surface area contributed by atoms with Crippen LogP contribution in [0.15, 0.2) is 24.4 Å². The molecule has 32 heavy (non-hydrogen) atoms. The molecule has 1 fully saturated rings. The van der Waals surface area contributed by atoms with E-state index in [1.54, 1.807) is 12.3 Å². The zero-order chi connectivity index (χ0) is 22.5. The summed E-state index contributed by atoms with van der Waals surface area (Å²) in [6, 6.07) is 5.43. The maximum atomic E-state index is 12.6. The van der Waals surface area contributed by atoms with Gasteiger partial charge >= 0.3 is 0 Å². The molecule has 0 spiro atoms. The largest absolute Gasteiger partial charge is 0.365 e. The first kappa shape index (κ1) is 22.4. The maximum Gasteiger partial charge on any atom is 0.251 e. The van der Waals surface area contributed by atoms with Crippen LogP contribution in [0.5, 0.6) is 0 Å². The molecular weight excluding hydrogens is 426 g/mol. The summed E-state index contributed by atoms with van der Waals surface area (Å²) in [4.78, 5) is 44.5. The topological polar surface area (TPSA) is 117 Å². The van der Waals surface area contributed by atoms with Gasteiger partial charge in [0.25, 0.3) is 5.91 Å². The highest BCUT2D eigenvalue weighted by Crippen LogP contribution is 2.38. The number of amides is 3. The van der Waals surface area contributed by atoms with Crippen molar-refractivity contribution in [1.82, 2.24) is 9.88 Å². The Hall–Kier alpha value is -2.78. The predicted octanol–water partition coefficient (Wildman–Crippen LogP) is 2.80. The summed E-state index contributed by atoms with van der Waals surface area (Å²) >= 11 is 1.49. The minimum absolute atomic E-state index is 0.00161. The van der Waals surface area contributed by atoms with Crippen molar-refractivity contribution in [2.24, 2.45) is 11.7 Å². The minimum Gasteiger partial charge on any atom is -0.365 e. The molecule has 170 valence electrons. The second-order valence-electron chi connectivity index (χ2n) is 8.40. The fourth-order valence-corrected chi connectivity index (χ4v) is 5.76. The Labute approximate surface area is 191 Å². The quantitative estimate of drug-likeness (QED) is 0.593. The van der Waals surface area contributed by atoms with Gasteiger partial charge in [-0.15, -0.1) is 11.3 Å². The number of carbonyl (C=O) groups is 3. The smallest absolute Gasteiger partial charge is 0.251 e. The van der Waals surface area contributed by atoms with E-state index in [1.807, 2.05) is 12.1 Å². The molecule has 2 aromatic heterocycles. The second kappa shape index (κ2) is 10.2. The van der Waals surface area contributed by atoms with Crippen LogP contribution in [0.25, 0.3) is 0 Å². The van der Waals surface area contributed by atoms with Gasteiger partial charge in [0.05, 0.1) is 5.56 Å². The number of likely N-dealkylation sites (tertiary alicyclic amines) is 1. The Morgan fingerprint density at radius 1 is 1.12 bits per heavy atom.